The van der Waals surface area contributed by atoms with Gasteiger partial charge in [0.25, 0.3) is 0 Å². The summed E-state index contributed by atoms with van der Waals surface area (Å²) in [6.45, 7) is 3.85. The van der Waals surface area contributed by atoms with Crippen LogP contribution in [0.2, 0.25) is 0 Å². The van der Waals surface area contributed by atoms with Crippen molar-refractivity contribution in [2.75, 3.05) is 41.7 Å². The van der Waals surface area contributed by atoms with Crippen LogP contribution in [-0.2, 0) is 47.8 Å². The first-order valence-corrected chi connectivity index (χ1v) is 16.1. The lowest BCUT2D eigenvalue weighted by atomic mass is 9.89. The molecule has 2 aliphatic carbocycles. The van der Waals surface area contributed by atoms with Crippen molar-refractivity contribution < 1.29 is 52.9 Å². The van der Waals surface area contributed by atoms with Gasteiger partial charge in [-0.15, -0.1) is 0 Å². The number of hydrogen-bond donors (Lipinski definition) is 0. The summed E-state index contributed by atoms with van der Waals surface area (Å²) in [7, 11) is 5.41. The fraction of sp³-hybridized carbons (Fsp3) is 0.647. The maximum absolute atomic E-state index is 12.7. The van der Waals surface area contributed by atoms with E-state index in [4.69, 9.17) is 28.6 Å². The smallest absolute Gasteiger partial charge is 0.477 e. The van der Waals surface area contributed by atoms with Crippen LogP contribution in [0.5, 0.6) is 0 Å². The van der Waals surface area contributed by atoms with Gasteiger partial charge in [0, 0.05) is 22.3 Å². The second-order valence-corrected chi connectivity index (χ2v) is 11.3. The summed E-state index contributed by atoms with van der Waals surface area (Å²) >= 11 is 0. The third kappa shape index (κ3) is 10.6. The lowest BCUT2D eigenvalue weighted by molar-refractivity contribution is -0.981. The minimum Gasteiger partial charge on any atom is -0.489 e. The predicted molar refractivity (Wildman–Crippen MR) is 168 cm³/mol. The third-order valence-corrected chi connectivity index (χ3v) is 8.22. The average Bonchev–Trinajstić information content (AvgIpc) is 3.05. The maximum atomic E-state index is 12.7. The number of ketones is 4. The molecular weight excluding hydrogens is 598 g/mol. The second-order valence-electron chi connectivity index (χ2n) is 11.3. The molecule has 46 heavy (non-hydrogen) atoms. The quantitative estimate of drug-likeness (QED) is 0.0687. The Hall–Kier alpha value is -3.96. The number of nitrogens with zero attached hydrogens (tertiary/aromatic N) is 1. The van der Waals surface area contributed by atoms with Crippen LogP contribution in [0, 0.1) is 4.91 Å². The van der Waals surface area contributed by atoms with Gasteiger partial charge in [-0.25, -0.2) is 0 Å². The van der Waals surface area contributed by atoms with Crippen molar-refractivity contribution in [2.24, 2.45) is 0 Å². The Morgan fingerprint density at radius 2 is 0.717 bits per heavy atom. The van der Waals surface area contributed by atoms with E-state index in [0.29, 0.717) is 35.1 Å². The topological polar surface area (TPSA) is 144 Å². The SMILES string of the molecule is COC1=C(OC)C(=O)C(CCCCCCCCO[N+](=O)OCCCCCCCCC2=C(C)C(=O)C(OC)=C(OC)C2=O)=C(C)C1=O. The Morgan fingerprint density at radius 3 is 1.04 bits per heavy atom. The summed E-state index contributed by atoms with van der Waals surface area (Å²) in [5.41, 5.74) is 1.81. The molecular formula is C34H50NO11+. The molecule has 0 unspecified atom stereocenters. The Bertz CT molecular complexity index is 1160. The first-order valence-electron chi connectivity index (χ1n) is 16.1. The van der Waals surface area contributed by atoms with E-state index >= 15 is 0 Å². The molecule has 0 aromatic carbocycles. The number of unbranched alkanes of at least 4 members (excludes halogenated alkanes) is 10. The fourth-order valence-corrected chi connectivity index (χ4v) is 5.52. The van der Waals surface area contributed by atoms with Gasteiger partial charge in [-0.3, -0.25) is 19.2 Å². The first-order chi connectivity index (χ1) is 22.1. The first kappa shape index (κ1) is 38.2. The van der Waals surface area contributed by atoms with Crippen molar-refractivity contribution in [1.82, 2.24) is 0 Å². The van der Waals surface area contributed by atoms with Crippen LogP contribution in [0.15, 0.2) is 45.3 Å². The standard InChI is InChI=1S/C34H50NO11/c1-23-25(29(38)33(43-5)31(41-3)27(23)36)19-15-11-7-9-13-17-21-45-35(40)46-22-18-14-10-8-12-16-20-26-24(2)28(37)32(42-4)34(44-6)30(26)39/h7-22H2,1-6H3/q+1. The van der Waals surface area contributed by atoms with Crippen LogP contribution in [0.3, 0.4) is 0 Å². The highest BCUT2D eigenvalue weighted by atomic mass is 17.0. The molecule has 12 nitrogen and oxygen atoms in total. The number of carbonyl (C=O) groups excluding carboxylic acids is 4. The third-order valence-electron chi connectivity index (χ3n) is 8.22. The van der Waals surface area contributed by atoms with Crippen LogP contribution >= 0.6 is 0 Å². The summed E-state index contributed by atoms with van der Waals surface area (Å²) in [5.74, 6) is -1.32. The molecule has 0 fully saturated rings. The molecule has 0 saturated carbocycles. The van der Waals surface area contributed by atoms with Gasteiger partial charge in [0.15, 0.2) is 13.2 Å². The van der Waals surface area contributed by atoms with Crippen LogP contribution in [0.4, 0.5) is 0 Å². The minimum absolute atomic E-state index is 0.0299. The predicted octanol–water partition coefficient (Wildman–Crippen LogP) is 6.04. The molecule has 2 rings (SSSR count). The molecule has 0 spiro atoms. The van der Waals surface area contributed by atoms with E-state index in [1.54, 1.807) is 13.8 Å². The second kappa shape index (κ2) is 20.2. The Labute approximate surface area is 271 Å². The molecule has 0 heterocycles. The lowest BCUT2D eigenvalue weighted by Crippen LogP contribution is -2.25. The van der Waals surface area contributed by atoms with Crippen molar-refractivity contribution in [1.29, 1.82) is 0 Å². The zero-order valence-electron chi connectivity index (χ0n) is 28.3. The zero-order chi connectivity index (χ0) is 34.1. The van der Waals surface area contributed by atoms with E-state index in [9.17, 15) is 24.1 Å². The highest BCUT2D eigenvalue weighted by Gasteiger charge is 2.35. The van der Waals surface area contributed by atoms with Crippen molar-refractivity contribution in [3.8, 4) is 0 Å². The molecule has 0 aromatic rings. The lowest BCUT2D eigenvalue weighted by Gasteiger charge is -2.20. The van der Waals surface area contributed by atoms with E-state index < -0.39 is 0 Å². The van der Waals surface area contributed by atoms with Gasteiger partial charge in [0.2, 0.25) is 46.2 Å². The molecule has 0 radical (unpaired) electrons. The fourth-order valence-electron chi connectivity index (χ4n) is 5.52. The van der Waals surface area contributed by atoms with Gasteiger partial charge in [-0.05, 0) is 65.2 Å². The van der Waals surface area contributed by atoms with Crippen molar-refractivity contribution in [2.45, 2.75) is 104 Å². The largest absolute Gasteiger partial charge is 0.489 e. The van der Waals surface area contributed by atoms with Crippen molar-refractivity contribution in [3.63, 3.8) is 0 Å². The monoisotopic (exact) mass is 648 g/mol. The van der Waals surface area contributed by atoms with Crippen LogP contribution in [0.1, 0.15) is 104 Å². The summed E-state index contributed by atoms with van der Waals surface area (Å²) in [6.07, 6.45) is 11.6. The zero-order valence-corrected chi connectivity index (χ0v) is 28.3. The summed E-state index contributed by atoms with van der Waals surface area (Å²) in [4.78, 5) is 72.1. The Balaban J connectivity index is 1.46. The Morgan fingerprint density at radius 1 is 0.435 bits per heavy atom. The molecule has 256 valence electrons. The number of ether oxygens (including phenoxy) is 4. The minimum atomic E-state index is -0.307. The number of carbonyl (C=O) groups is 4. The molecule has 12 heteroatoms. The number of Topliss-reactive ketones (excluding diaryl/α,β-unsaturated/α-hetero) is 4. The van der Waals surface area contributed by atoms with Crippen LogP contribution in [-0.4, -0.2) is 69.9 Å². The van der Waals surface area contributed by atoms with Crippen molar-refractivity contribution >= 4 is 23.1 Å². The summed E-state index contributed by atoms with van der Waals surface area (Å²) in [6, 6.07) is 0. The average molecular weight is 649 g/mol. The summed E-state index contributed by atoms with van der Waals surface area (Å²) in [5, 5.41) is 0.187. The molecule has 2 aliphatic rings. The maximum Gasteiger partial charge on any atom is 0.477 e. The van der Waals surface area contributed by atoms with E-state index in [1.807, 2.05) is 0 Å². The molecule has 0 bridgehead atoms. The number of allylic oxidation sites excluding steroid dienone is 4. The van der Waals surface area contributed by atoms with Gasteiger partial charge in [0.1, 0.15) is 4.91 Å². The highest BCUT2D eigenvalue weighted by molar-refractivity contribution is 6.24. The van der Waals surface area contributed by atoms with Crippen LogP contribution in [0.25, 0.3) is 0 Å². The molecule has 0 saturated heterocycles. The highest BCUT2D eigenvalue weighted by Crippen LogP contribution is 2.30. The molecule has 0 amide bonds. The van der Waals surface area contributed by atoms with Crippen LogP contribution < -0.4 is 0 Å². The van der Waals surface area contributed by atoms with E-state index in [2.05, 4.69) is 0 Å². The number of rotatable bonds is 24. The molecule has 0 atom stereocenters. The van der Waals surface area contributed by atoms with E-state index in [0.717, 1.165) is 77.0 Å². The van der Waals surface area contributed by atoms with E-state index in [1.165, 1.54) is 28.4 Å². The van der Waals surface area contributed by atoms with E-state index in [-0.39, 0.29) is 64.5 Å². The van der Waals surface area contributed by atoms with Crippen molar-refractivity contribution in [3.05, 3.63) is 50.2 Å². The molecule has 0 N–H and O–H groups in total. The normalized spacial score (nSPS) is 15.6. The van der Waals surface area contributed by atoms with Gasteiger partial charge < -0.3 is 18.9 Å². The van der Waals surface area contributed by atoms with Gasteiger partial charge in [-0.2, -0.15) is 9.68 Å². The summed E-state index contributed by atoms with van der Waals surface area (Å²) < 4.78 is 20.4. The van der Waals surface area contributed by atoms with Gasteiger partial charge in [-0.1, -0.05) is 38.5 Å². The molecule has 0 aliphatic heterocycles. The van der Waals surface area contributed by atoms with Gasteiger partial charge >= 0.3 is 5.09 Å². The Kier molecular flexibility index (Phi) is 16.8. The van der Waals surface area contributed by atoms with Gasteiger partial charge in [0.05, 0.1) is 28.4 Å². The number of methoxy groups -OCH3 is 4. The molecule has 0 aromatic heterocycles. The number of hydrogen-bond acceptors (Lipinski definition) is 11.